The average molecular weight is 269 g/mol. The van der Waals surface area contributed by atoms with Crippen LogP contribution in [0.1, 0.15) is 11.1 Å². The van der Waals surface area contributed by atoms with Gasteiger partial charge in [0.2, 0.25) is 0 Å². The maximum Gasteiger partial charge on any atom is 0.0775 e. The number of nitrogens with one attached hydrogen (secondary N) is 1. The fourth-order valence-corrected chi connectivity index (χ4v) is 3.16. The van der Waals surface area contributed by atoms with Crippen molar-refractivity contribution in [1.29, 1.82) is 0 Å². The van der Waals surface area contributed by atoms with Crippen LogP contribution in [0.25, 0.3) is 0 Å². The summed E-state index contributed by atoms with van der Waals surface area (Å²) in [7, 11) is -1.17. The van der Waals surface area contributed by atoms with E-state index < -0.39 is 8.07 Å². The highest BCUT2D eigenvalue weighted by atomic mass is 28.3. The molecule has 100 valence electrons. The molecule has 0 unspecified atom stereocenters. The number of anilines is 1. The quantitative estimate of drug-likeness (QED) is 0.822. The lowest BCUT2D eigenvalue weighted by atomic mass is 10.2. The van der Waals surface area contributed by atoms with Gasteiger partial charge in [0.25, 0.3) is 0 Å². The van der Waals surface area contributed by atoms with E-state index in [0.29, 0.717) is 0 Å². The number of hydrogen-bond acceptors (Lipinski definition) is 1. The summed E-state index contributed by atoms with van der Waals surface area (Å²) in [4.78, 5) is 0. The molecule has 0 saturated carbocycles. The van der Waals surface area contributed by atoms with E-state index in [1.807, 2.05) is 0 Å². The molecule has 0 aliphatic heterocycles. The second-order valence-electron chi connectivity index (χ2n) is 6.17. The van der Waals surface area contributed by atoms with Crippen LogP contribution in [0, 0.1) is 6.92 Å². The van der Waals surface area contributed by atoms with Crippen LogP contribution in [0.3, 0.4) is 0 Å². The first-order chi connectivity index (χ1) is 8.95. The van der Waals surface area contributed by atoms with Gasteiger partial charge in [-0.05, 0) is 24.6 Å². The first-order valence-electron chi connectivity index (χ1n) is 6.85. The van der Waals surface area contributed by atoms with Crippen molar-refractivity contribution in [2.75, 3.05) is 5.32 Å². The summed E-state index contributed by atoms with van der Waals surface area (Å²) in [5.41, 5.74) is 3.81. The molecule has 1 N–H and O–H groups in total. The summed E-state index contributed by atoms with van der Waals surface area (Å²) in [6.07, 6.45) is 0. The Morgan fingerprint density at radius 1 is 0.842 bits per heavy atom. The molecule has 0 bridgehead atoms. The van der Waals surface area contributed by atoms with E-state index in [9.17, 15) is 0 Å². The molecule has 0 atom stereocenters. The van der Waals surface area contributed by atoms with Gasteiger partial charge in [0.15, 0.2) is 0 Å². The number of hydrogen-bond donors (Lipinski definition) is 1. The predicted octanol–water partition coefficient (Wildman–Crippen LogP) is 4.15. The maximum atomic E-state index is 3.46. The molecule has 2 aromatic carbocycles. The van der Waals surface area contributed by atoms with Gasteiger partial charge in [-0.2, -0.15) is 0 Å². The highest BCUT2D eigenvalue weighted by Gasteiger charge is 2.15. The molecule has 0 amide bonds. The first-order valence-corrected chi connectivity index (χ1v) is 10.3. The molecule has 0 aliphatic rings. The summed E-state index contributed by atoms with van der Waals surface area (Å²) in [6, 6.07) is 17.6. The Bertz CT molecular complexity index is 521. The first kappa shape index (κ1) is 13.9. The summed E-state index contributed by atoms with van der Waals surface area (Å²) in [6.45, 7) is 10.1. The third-order valence-electron chi connectivity index (χ3n) is 3.37. The largest absolute Gasteiger partial charge is 0.381 e. The van der Waals surface area contributed by atoms with Gasteiger partial charge in [0.1, 0.15) is 0 Å². The van der Waals surface area contributed by atoms with Crippen LogP contribution in [-0.2, 0) is 6.54 Å². The summed E-state index contributed by atoms with van der Waals surface area (Å²) in [5, 5.41) is 4.98. The lowest BCUT2D eigenvalue weighted by Crippen LogP contribution is -2.37. The third-order valence-corrected chi connectivity index (χ3v) is 5.43. The minimum atomic E-state index is -1.17. The van der Waals surface area contributed by atoms with Crippen molar-refractivity contribution < 1.29 is 0 Å². The van der Waals surface area contributed by atoms with Crippen LogP contribution < -0.4 is 10.5 Å². The Kier molecular flexibility index (Phi) is 4.10. The van der Waals surface area contributed by atoms with E-state index in [4.69, 9.17) is 0 Å². The maximum absolute atomic E-state index is 3.46. The number of rotatable bonds is 4. The standard InChI is InChI=1S/C17H23NSi/c1-14-5-9-16(10-6-14)18-13-15-7-11-17(12-8-15)19(2,3)4/h5-12,18H,13H2,1-4H3. The smallest absolute Gasteiger partial charge is 0.0775 e. The average Bonchev–Trinajstić information content (AvgIpc) is 2.37. The fourth-order valence-electron chi connectivity index (χ4n) is 2.00. The normalized spacial score (nSPS) is 11.4. The Labute approximate surface area is 117 Å². The van der Waals surface area contributed by atoms with Crippen molar-refractivity contribution in [3.8, 4) is 0 Å². The van der Waals surface area contributed by atoms with E-state index in [0.717, 1.165) is 6.54 Å². The molecular formula is C17H23NSi. The van der Waals surface area contributed by atoms with Crippen LogP contribution in [0.5, 0.6) is 0 Å². The zero-order valence-corrected chi connectivity index (χ0v) is 13.3. The molecule has 2 rings (SSSR count). The van der Waals surface area contributed by atoms with Crippen LogP contribution in [0.2, 0.25) is 19.6 Å². The van der Waals surface area contributed by atoms with Crippen molar-refractivity contribution in [2.24, 2.45) is 0 Å². The van der Waals surface area contributed by atoms with E-state index in [2.05, 4.69) is 80.4 Å². The molecule has 0 aromatic heterocycles. The van der Waals surface area contributed by atoms with Crippen LogP contribution in [-0.4, -0.2) is 8.07 Å². The highest BCUT2D eigenvalue weighted by Crippen LogP contribution is 2.11. The third kappa shape index (κ3) is 3.96. The van der Waals surface area contributed by atoms with Crippen LogP contribution in [0.15, 0.2) is 48.5 Å². The zero-order chi connectivity index (χ0) is 13.9. The molecule has 0 fully saturated rings. The van der Waals surface area contributed by atoms with Crippen molar-refractivity contribution in [3.63, 3.8) is 0 Å². The molecule has 1 nitrogen and oxygen atoms in total. The lowest BCUT2D eigenvalue weighted by molar-refractivity contribution is 1.15. The second-order valence-corrected chi connectivity index (χ2v) is 11.2. The van der Waals surface area contributed by atoms with E-state index in [1.165, 1.54) is 22.0 Å². The van der Waals surface area contributed by atoms with E-state index in [1.54, 1.807) is 0 Å². The molecule has 0 spiro atoms. The highest BCUT2D eigenvalue weighted by molar-refractivity contribution is 6.88. The fraction of sp³-hybridized carbons (Fsp3) is 0.294. The Morgan fingerprint density at radius 2 is 1.42 bits per heavy atom. The summed E-state index contributed by atoms with van der Waals surface area (Å²) < 4.78 is 0. The van der Waals surface area contributed by atoms with Gasteiger partial charge in [-0.15, -0.1) is 0 Å². The Morgan fingerprint density at radius 3 is 1.95 bits per heavy atom. The molecule has 0 heterocycles. The molecule has 2 aromatic rings. The molecule has 0 aliphatic carbocycles. The van der Waals surface area contributed by atoms with Gasteiger partial charge in [-0.25, -0.2) is 0 Å². The van der Waals surface area contributed by atoms with Crippen molar-refractivity contribution in [2.45, 2.75) is 33.1 Å². The predicted molar refractivity (Wildman–Crippen MR) is 87.9 cm³/mol. The van der Waals surface area contributed by atoms with Gasteiger partial charge in [0, 0.05) is 12.2 Å². The SMILES string of the molecule is Cc1ccc(NCc2ccc([Si](C)(C)C)cc2)cc1. The van der Waals surface area contributed by atoms with Gasteiger partial charge < -0.3 is 5.32 Å². The molecule has 2 heteroatoms. The van der Waals surface area contributed by atoms with Crippen LogP contribution in [0.4, 0.5) is 5.69 Å². The number of benzene rings is 2. The number of aryl methyl sites for hydroxylation is 1. The lowest BCUT2D eigenvalue weighted by Gasteiger charge is -2.17. The summed E-state index contributed by atoms with van der Waals surface area (Å²) in [5.74, 6) is 0. The Hall–Kier alpha value is -1.54. The van der Waals surface area contributed by atoms with Gasteiger partial charge in [0.05, 0.1) is 8.07 Å². The molecule has 0 radical (unpaired) electrons. The zero-order valence-electron chi connectivity index (χ0n) is 12.3. The van der Waals surface area contributed by atoms with E-state index >= 15 is 0 Å². The van der Waals surface area contributed by atoms with Crippen molar-refractivity contribution in [3.05, 3.63) is 59.7 Å². The molecule has 0 saturated heterocycles. The van der Waals surface area contributed by atoms with E-state index in [-0.39, 0.29) is 0 Å². The van der Waals surface area contributed by atoms with Crippen molar-refractivity contribution in [1.82, 2.24) is 0 Å². The minimum absolute atomic E-state index is 0.884. The minimum Gasteiger partial charge on any atom is -0.381 e. The topological polar surface area (TPSA) is 12.0 Å². The van der Waals surface area contributed by atoms with Crippen molar-refractivity contribution >= 4 is 18.9 Å². The molecular weight excluding hydrogens is 246 g/mol. The van der Waals surface area contributed by atoms with Gasteiger partial charge in [-0.3, -0.25) is 0 Å². The van der Waals surface area contributed by atoms with Crippen LogP contribution >= 0.6 is 0 Å². The van der Waals surface area contributed by atoms with Gasteiger partial charge in [-0.1, -0.05) is 66.8 Å². The monoisotopic (exact) mass is 269 g/mol. The summed E-state index contributed by atoms with van der Waals surface area (Å²) >= 11 is 0. The molecule has 19 heavy (non-hydrogen) atoms. The van der Waals surface area contributed by atoms with Gasteiger partial charge >= 0.3 is 0 Å². The Balaban J connectivity index is 1.98. The second kappa shape index (κ2) is 5.62.